The third kappa shape index (κ3) is 5.76. The lowest BCUT2D eigenvalue weighted by molar-refractivity contribution is -0.122. The van der Waals surface area contributed by atoms with Gasteiger partial charge in [-0.1, -0.05) is 96.6 Å². The molecule has 1 saturated heterocycles. The van der Waals surface area contributed by atoms with E-state index in [0.29, 0.717) is 22.2 Å². The van der Waals surface area contributed by atoms with Gasteiger partial charge in [-0.25, -0.2) is 0 Å². The van der Waals surface area contributed by atoms with Gasteiger partial charge in [-0.15, -0.1) is 0 Å². The van der Waals surface area contributed by atoms with Crippen LogP contribution in [-0.4, -0.2) is 27.6 Å². The Morgan fingerprint density at radius 1 is 0.919 bits per heavy atom. The summed E-state index contributed by atoms with van der Waals surface area (Å²) < 4.78 is 0.595. The molecule has 5 rings (SSSR count). The first kappa shape index (κ1) is 25.2. The lowest BCUT2D eigenvalue weighted by Gasteiger charge is -2.14. The van der Waals surface area contributed by atoms with Crippen LogP contribution in [-0.2, 0) is 9.59 Å². The fourth-order valence-electron chi connectivity index (χ4n) is 4.62. The van der Waals surface area contributed by atoms with Gasteiger partial charge >= 0.3 is 0 Å². The minimum Gasteiger partial charge on any atom is -0.326 e. The fraction of sp³-hybridized carbons (Fsp3) is 0.194. The number of carbonyl (C=O) groups excluding carboxylic acids is 2. The highest BCUT2D eigenvalue weighted by Crippen LogP contribution is 2.36. The molecule has 1 aliphatic heterocycles. The van der Waals surface area contributed by atoms with Crippen molar-refractivity contribution in [3.05, 3.63) is 94.9 Å². The molecule has 0 radical (unpaired) electrons. The molecule has 4 nitrogen and oxygen atoms in total. The highest BCUT2D eigenvalue weighted by atomic mass is 32.2. The lowest BCUT2D eigenvalue weighted by atomic mass is 9.96. The van der Waals surface area contributed by atoms with Gasteiger partial charge in [0.25, 0.3) is 5.91 Å². The van der Waals surface area contributed by atoms with E-state index in [9.17, 15) is 9.59 Å². The Bertz CT molecular complexity index is 1470. The number of benzene rings is 4. The van der Waals surface area contributed by atoms with Crippen LogP contribution in [0.3, 0.4) is 0 Å². The number of hydrogen-bond donors (Lipinski definition) is 1. The maximum absolute atomic E-state index is 13.3. The molecule has 0 bridgehead atoms. The molecule has 186 valence electrons. The zero-order chi connectivity index (χ0) is 25.8. The highest BCUT2D eigenvalue weighted by molar-refractivity contribution is 8.26. The highest BCUT2D eigenvalue weighted by Gasteiger charge is 2.31. The Morgan fingerprint density at radius 2 is 1.57 bits per heavy atom. The SMILES string of the molecule is Cc1ccc(NC(=O)CCCCCN2C(=O)/C(=C/c3c4ccccc4cc4ccccc34)SC2=S)cc1. The summed E-state index contributed by atoms with van der Waals surface area (Å²) in [5.41, 5.74) is 3.03. The van der Waals surface area contributed by atoms with Crippen LogP contribution in [0.25, 0.3) is 27.6 Å². The van der Waals surface area contributed by atoms with Gasteiger partial charge in [-0.3, -0.25) is 14.5 Å². The van der Waals surface area contributed by atoms with Crippen molar-refractivity contribution in [1.82, 2.24) is 4.90 Å². The van der Waals surface area contributed by atoms with Crippen molar-refractivity contribution < 1.29 is 9.59 Å². The van der Waals surface area contributed by atoms with Crippen LogP contribution in [0.2, 0.25) is 0 Å². The molecule has 4 aromatic carbocycles. The second-order valence-electron chi connectivity index (χ2n) is 9.29. The number of nitrogens with one attached hydrogen (secondary N) is 1. The van der Waals surface area contributed by atoms with Crippen molar-refractivity contribution in [1.29, 1.82) is 0 Å². The van der Waals surface area contributed by atoms with Crippen LogP contribution < -0.4 is 5.32 Å². The molecule has 0 aromatic heterocycles. The standard InChI is InChI=1S/C31H28N2O2S2/c1-21-14-16-24(17-15-21)32-29(34)13-3-2-8-18-33-30(35)28(37-31(33)36)20-27-25-11-6-4-9-22(25)19-23-10-5-7-12-26(23)27/h4-7,9-12,14-17,19-20H,2-3,8,13,18H2,1H3,(H,32,34)/b28-20-. The second-order valence-corrected chi connectivity index (χ2v) is 11.0. The van der Waals surface area contributed by atoms with Gasteiger partial charge in [-0.05, 0) is 71.1 Å². The number of aryl methyl sites for hydroxylation is 1. The summed E-state index contributed by atoms with van der Waals surface area (Å²) in [6, 6.07) is 26.5. The summed E-state index contributed by atoms with van der Waals surface area (Å²) >= 11 is 6.94. The maximum atomic E-state index is 13.3. The van der Waals surface area contributed by atoms with E-state index in [4.69, 9.17) is 12.2 Å². The molecule has 4 aromatic rings. The summed E-state index contributed by atoms with van der Waals surface area (Å²) in [7, 11) is 0. The van der Waals surface area contributed by atoms with Crippen LogP contribution in [0.5, 0.6) is 0 Å². The molecule has 6 heteroatoms. The predicted molar refractivity (Wildman–Crippen MR) is 160 cm³/mol. The van der Waals surface area contributed by atoms with E-state index < -0.39 is 0 Å². The van der Waals surface area contributed by atoms with E-state index in [1.54, 1.807) is 4.90 Å². The van der Waals surface area contributed by atoms with Crippen LogP contribution in [0.4, 0.5) is 5.69 Å². The van der Waals surface area contributed by atoms with Gasteiger partial charge in [0.05, 0.1) is 4.91 Å². The maximum Gasteiger partial charge on any atom is 0.266 e. The van der Waals surface area contributed by atoms with Gasteiger partial charge in [0.15, 0.2) is 0 Å². The lowest BCUT2D eigenvalue weighted by Crippen LogP contribution is -2.29. The smallest absolute Gasteiger partial charge is 0.266 e. The second kappa shape index (κ2) is 11.3. The zero-order valence-corrected chi connectivity index (χ0v) is 22.3. The van der Waals surface area contributed by atoms with Gasteiger partial charge in [0, 0.05) is 18.7 Å². The normalized spacial score (nSPS) is 14.7. The van der Waals surface area contributed by atoms with E-state index in [1.807, 2.05) is 61.5 Å². The van der Waals surface area contributed by atoms with Crippen molar-refractivity contribution in [2.75, 3.05) is 11.9 Å². The van der Waals surface area contributed by atoms with Crippen molar-refractivity contribution in [3.8, 4) is 0 Å². The molecule has 1 heterocycles. The monoisotopic (exact) mass is 524 g/mol. The molecule has 0 spiro atoms. The summed E-state index contributed by atoms with van der Waals surface area (Å²) in [6.07, 6.45) is 4.88. The first-order chi connectivity index (χ1) is 18.0. The largest absolute Gasteiger partial charge is 0.326 e. The van der Waals surface area contributed by atoms with Crippen molar-refractivity contribution in [3.63, 3.8) is 0 Å². The van der Waals surface area contributed by atoms with E-state index in [0.717, 1.165) is 57.6 Å². The van der Waals surface area contributed by atoms with Gasteiger partial charge in [-0.2, -0.15) is 0 Å². The summed E-state index contributed by atoms with van der Waals surface area (Å²) in [4.78, 5) is 27.8. The summed E-state index contributed by atoms with van der Waals surface area (Å²) in [5.74, 6) is -0.0242. The molecule has 0 saturated carbocycles. The van der Waals surface area contributed by atoms with Crippen LogP contribution in [0.1, 0.15) is 36.8 Å². The average molecular weight is 525 g/mol. The Labute approximate surface area is 226 Å². The number of carbonyl (C=O) groups is 2. The number of amides is 2. The molecule has 0 atom stereocenters. The zero-order valence-electron chi connectivity index (χ0n) is 20.7. The molecule has 1 fully saturated rings. The number of fused-ring (bicyclic) bond motifs is 2. The average Bonchev–Trinajstić information content (AvgIpc) is 3.17. The van der Waals surface area contributed by atoms with Gasteiger partial charge in [0.2, 0.25) is 5.91 Å². The molecular formula is C31H28N2O2S2. The van der Waals surface area contributed by atoms with Gasteiger partial charge in [0.1, 0.15) is 4.32 Å². The molecule has 1 N–H and O–H groups in total. The number of thiocarbonyl (C=S) groups is 1. The fourth-order valence-corrected chi connectivity index (χ4v) is 5.91. The first-order valence-corrected chi connectivity index (χ1v) is 13.7. The Balaban J connectivity index is 1.21. The quantitative estimate of drug-likeness (QED) is 0.111. The van der Waals surface area contributed by atoms with E-state index in [-0.39, 0.29) is 11.8 Å². The van der Waals surface area contributed by atoms with E-state index in [1.165, 1.54) is 11.8 Å². The third-order valence-electron chi connectivity index (χ3n) is 6.58. The van der Waals surface area contributed by atoms with Crippen molar-refractivity contribution in [2.24, 2.45) is 0 Å². The number of rotatable bonds is 8. The number of unbranched alkanes of at least 4 members (excludes halogenated alkanes) is 2. The van der Waals surface area contributed by atoms with Crippen LogP contribution >= 0.6 is 24.0 Å². The molecule has 1 aliphatic rings. The molecular weight excluding hydrogens is 496 g/mol. The Kier molecular flexibility index (Phi) is 7.68. The predicted octanol–water partition coefficient (Wildman–Crippen LogP) is 7.70. The molecule has 0 unspecified atom stereocenters. The van der Waals surface area contributed by atoms with Crippen molar-refractivity contribution in [2.45, 2.75) is 32.6 Å². The van der Waals surface area contributed by atoms with Gasteiger partial charge < -0.3 is 5.32 Å². The number of nitrogens with zero attached hydrogens (tertiary/aromatic N) is 1. The number of hydrogen-bond acceptors (Lipinski definition) is 4. The van der Waals surface area contributed by atoms with E-state index >= 15 is 0 Å². The Morgan fingerprint density at radius 3 is 2.24 bits per heavy atom. The van der Waals surface area contributed by atoms with Crippen LogP contribution in [0.15, 0.2) is 83.8 Å². The minimum atomic E-state index is -0.0378. The molecule has 0 aliphatic carbocycles. The number of anilines is 1. The van der Waals surface area contributed by atoms with Crippen LogP contribution in [0, 0.1) is 6.92 Å². The minimum absolute atomic E-state index is 0.0136. The van der Waals surface area contributed by atoms with E-state index in [2.05, 4.69) is 35.6 Å². The molecule has 2 amide bonds. The Hall–Kier alpha value is -3.48. The summed E-state index contributed by atoms with van der Waals surface area (Å²) in [6.45, 7) is 2.59. The number of thioether (sulfide) groups is 1. The topological polar surface area (TPSA) is 49.4 Å². The summed E-state index contributed by atoms with van der Waals surface area (Å²) in [5, 5.41) is 7.47. The van der Waals surface area contributed by atoms with Crippen molar-refractivity contribution >= 4 is 73.4 Å². The molecule has 37 heavy (non-hydrogen) atoms. The third-order valence-corrected chi connectivity index (χ3v) is 7.96. The first-order valence-electron chi connectivity index (χ1n) is 12.5.